The molecule has 0 atom stereocenters. The van der Waals surface area contributed by atoms with Gasteiger partial charge in [0.2, 0.25) is 0 Å². The van der Waals surface area contributed by atoms with Crippen LogP contribution in [-0.2, 0) is 7.05 Å². The molecule has 0 aliphatic carbocycles. The molecular weight excluding hydrogens is 343 g/mol. The molecule has 0 aliphatic rings. The Balaban J connectivity index is 2.05. The molecule has 0 aliphatic heterocycles. The predicted molar refractivity (Wildman–Crippen MR) is 97.2 cm³/mol. The fourth-order valence-electron chi connectivity index (χ4n) is 2.71. The Morgan fingerprint density at radius 1 is 0.833 bits per heavy atom. The summed E-state index contributed by atoms with van der Waals surface area (Å²) in [5.41, 5.74) is 3.68. The van der Waals surface area contributed by atoms with Crippen LogP contribution in [0.3, 0.4) is 0 Å². The molecule has 4 nitrogen and oxygen atoms in total. The largest absolute Gasteiger partial charge is 0.248 e. The van der Waals surface area contributed by atoms with E-state index in [1.54, 1.807) is 4.68 Å². The van der Waals surface area contributed by atoms with E-state index in [0.717, 1.165) is 16.5 Å². The minimum absolute atomic E-state index is 0.522. The number of hydrogen-bond acceptors (Lipinski definition) is 3. The highest BCUT2D eigenvalue weighted by Gasteiger charge is 2.20. The molecule has 6 heteroatoms. The third-order valence-corrected chi connectivity index (χ3v) is 4.56. The van der Waals surface area contributed by atoms with Crippen LogP contribution in [0.15, 0.2) is 54.6 Å². The zero-order chi connectivity index (χ0) is 16.7. The molecular formula is C18H12Cl2N4. The van der Waals surface area contributed by atoms with Crippen LogP contribution in [-0.4, -0.2) is 20.0 Å². The van der Waals surface area contributed by atoms with Crippen molar-refractivity contribution < 1.29 is 0 Å². The van der Waals surface area contributed by atoms with Gasteiger partial charge in [0.1, 0.15) is 11.4 Å². The molecule has 2 heterocycles. The quantitative estimate of drug-likeness (QED) is 0.508. The summed E-state index contributed by atoms with van der Waals surface area (Å²) in [6.45, 7) is 0. The van der Waals surface area contributed by atoms with Crippen LogP contribution in [0.5, 0.6) is 0 Å². The average Bonchev–Trinajstić information content (AvgIpc) is 2.94. The summed E-state index contributed by atoms with van der Waals surface area (Å²) in [7, 11) is 1.82. The summed E-state index contributed by atoms with van der Waals surface area (Å²) < 4.78 is 1.67. The van der Waals surface area contributed by atoms with E-state index in [1.807, 2.05) is 61.6 Å². The van der Waals surface area contributed by atoms with Crippen LogP contribution in [0.1, 0.15) is 0 Å². The first kappa shape index (κ1) is 15.1. The van der Waals surface area contributed by atoms with Gasteiger partial charge >= 0.3 is 0 Å². The van der Waals surface area contributed by atoms with Crippen LogP contribution in [0.25, 0.3) is 33.5 Å². The lowest BCUT2D eigenvalue weighted by atomic mass is 10.1. The van der Waals surface area contributed by atoms with Gasteiger partial charge < -0.3 is 0 Å². The van der Waals surface area contributed by atoms with Crippen LogP contribution in [0.4, 0.5) is 0 Å². The number of nitrogens with zero attached hydrogens (tertiary/aromatic N) is 4. The third-order valence-electron chi connectivity index (χ3n) is 3.87. The first-order valence-corrected chi connectivity index (χ1v) is 8.11. The van der Waals surface area contributed by atoms with Gasteiger partial charge in [0.05, 0.1) is 15.4 Å². The molecule has 4 aromatic rings. The highest BCUT2D eigenvalue weighted by molar-refractivity contribution is 6.39. The van der Waals surface area contributed by atoms with Crippen molar-refractivity contribution in [1.82, 2.24) is 20.0 Å². The first-order valence-electron chi connectivity index (χ1n) is 7.36. The van der Waals surface area contributed by atoms with Crippen LogP contribution in [0, 0.1) is 0 Å². The average molecular weight is 355 g/mol. The van der Waals surface area contributed by atoms with E-state index in [9.17, 15) is 0 Å². The van der Waals surface area contributed by atoms with Gasteiger partial charge in [0.25, 0.3) is 0 Å². The van der Waals surface area contributed by atoms with Crippen molar-refractivity contribution >= 4 is 34.2 Å². The van der Waals surface area contributed by atoms with E-state index in [4.69, 9.17) is 23.2 Å². The molecule has 0 saturated carbocycles. The lowest BCUT2D eigenvalue weighted by Gasteiger charge is -2.05. The molecule has 0 radical (unpaired) electrons. The summed E-state index contributed by atoms with van der Waals surface area (Å²) in [5.74, 6) is 0. The van der Waals surface area contributed by atoms with Gasteiger partial charge in [-0.3, -0.25) is 0 Å². The number of aryl methyl sites for hydroxylation is 1. The molecule has 2 aromatic carbocycles. The van der Waals surface area contributed by atoms with Gasteiger partial charge in [-0.2, -0.15) is 5.10 Å². The first-order chi connectivity index (χ1) is 11.7. The van der Waals surface area contributed by atoms with E-state index >= 15 is 0 Å². The van der Waals surface area contributed by atoms with Crippen LogP contribution < -0.4 is 0 Å². The van der Waals surface area contributed by atoms with Gasteiger partial charge in [-0.15, -0.1) is 10.2 Å². The number of rotatable bonds is 2. The summed E-state index contributed by atoms with van der Waals surface area (Å²) in [6, 6.07) is 17.3. The van der Waals surface area contributed by atoms with E-state index in [2.05, 4.69) is 15.3 Å². The monoisotopic (exact) mass is 354 g/mol. The zero-order valence-electron chi connectivity index (χ0n) is 12.7. The van der Waals surface area contributed by atoms with Gasteiger partial charge in [-0.1, -0.05) is 71.7 Å². The third kappa shape index (κ3) is 2.35. The molecule has 0 fully saturated rings. The molecule has 0 spiro atoms. The van der Waals surface area contributed by atoms with E-state index in [-0.39, 0.29) is 0 Å². The fraction of sp³-hybridized carbons (Fsp3) is 0.0556. The lowest BCUT2D eigenvalue weighted by molar-refractivity contribution is 0.781. The highest BCUT2D eigenvalue weighted by Crippen LogP contribution is 2.38. The molecule has 0 N–H and O–H groups in total. The van der Waals surface area contributed by atoms with Crippen molar-refractivity contribution in [2.45, 2.75) is 0 Å². The molecule has 24 heavy (non-hydrogen) atoms. The van der Waals surface area contributed by atoms with Crippen molar-refractivity contribution in [2.24, 2.45) is 7.05 Å². The van der Waals surface area contributed by atoms with Crippen molar-refractivity contribution in [3.8, 4) is 22.5 Å². The van der Waals surface area contributed by atoms with Crippen molar-refractivity contribution in [1.29, 1.82) is 0 Å². The number of benzene rings is 2. The second-order valence-electron chi connectivity index (χ2n) is 5.38. The Labute approximate surface area is 148 Å². The molecule has 118 valence electrons. The smallest absolute Gasteiger partial charge is 0.182 e. The number of aromatic nitrogens is 4. The lowest BCUT2D eigenvalue weighted by Crippen LogP contribution is -1.95. The Bertz CT molecular complexity index is 1040. The number of halogens is 2. The van der Waals surface area contributed by atoms with Crippen LogP contribution >= 0.6 is 23.2 Å². The Morgan fingerprint density at radius 3 is 2.29 bits per heavy atom. The fourth-order valence-corrected chi connectivity index (χ4v) is 3.26. The Morgan fingerprint density at radius 2 is 1.54 bits per heavy atom. The molecule has 0 bridgehead atoms. The molecule has 0 unspecified atom stereocenters. The van der Waals surface area contributed by atoms with Crippen molar-refractivity contribution in [3.63, 3.8) is 0 Å². The Hall–Kier alpha value is -2.43. The van der Waals surface area contributed by atoms with Crippen molar-refractivity contribution in [2.75, 3.05) is 0 Å². The number of hydrogen-bond donors (Lipinski definition) is 0. The summed E-state index contributed by atoms with van der Waals surface area (Å²) in [5, 5.41) is 15.1. The Kier molecular flexibility index (Phi) is 3.71. The van der Waals surface area contributed by atoms with E-state index in [0.29, 0.717) is 27.1 Å². The minimum Gasteiger partial charge on any atom is -0.248 e. The highest BCUT2D eigenvalue weighted by atomic mass is 35.5. The van der Waals surface area contributed by atoms with Crippen molar-refractivity contribution in [3.05, 3.63) is 64.6 Å². The summed E-state index contributed by atoms with van der Waals surface area (Å²) in [4.78, 5) is 0. The number of fused-ring (bicyclic) bond motifs is 1. The normalized spacial score (nSPS) is 11.1. The molecule has 0 saturated heterocycles. The second-order valence-corrected chi connectivity index (χ2v) is 6.16. The maximum absolute atomic E-state index is 6.70. The zero-order valence-corrected chi connectivity index (χ0v) is 14.3. The SMILES string of the molecule is Cn1nc(-c2ccccc2Cl)c2c(Cl)c(-c3ccccc3)nnc21. The van der Waals surface area contributed by atoms with Gasteiger partial charge in [-0.05, 0) is 6.07 Å². The molecule has 0 amide bonds. The maximum atomic E-state index is 6.70. The molecule has 4 rings (SSSR count). The summed E-state index contributed by atoms with van der Waals surface area (Å²) >= 11 is 13.0. The van der Waals surface area contributed by atoms with E-state index in [1.165, 1.54) is 0 Å². The summed E-state index contributed by atoms with van der Waals surface area (Å²) in [6.07, 6.45) is 0. The molecule has 2 aromatic heterocycles. The topological polar surface area (TPSA) is 43.6 Å². The predicted octanol–water partition coefficient (Wildman–Crippen LogP) is 5.00. The van der Waals surface area contributed by atoms with Crippen LogP contribution in [0.2, 0.25) is 10.0 Å². The maximum Gasteiger partial charge on any atom is 0.182 e. The van der Waals surface area contributed by atoms with Gasteiger partial charge in [-0.25, -0.2) is 4.68 Å². The standard InChI is InChI=1S/C18H12Cl2N4/c1-24-18-14(17(23-24)12-9-5-6-10-13(12)19)15(20)16(21-22-18)11-7-3-2-4-8-11/h2-10H,1H3. The minimum atomic E-state index is 0.522. The van der Waals surface area contributed by atoms with E-state index < -0.39 is 0 Å². The second kappa shape index (κ2) is 5.89. The van der Waals surface area contributed by atoms with Gasteiger partial charge in [0.15, 0.2) is 5.65 Å². The van der Waals surface area contributed by atoms with Gasteiger partial charge in [0, 0.05) is 18.2 Å².